The molecular weight excluding hydrogens is 168 g/mol. The van der Waals surface area contributed by atoms with Gasteiger partial charge in [0.1, 0.15) is 18.3 Å². The van der Waals surface area contributed by atoms with E-state index in [0.717, 1.165) is 0 Å². The number of aliphatic hydroxyl groups is 5. The van der Waals surface area contributed by atoms with E-state index in [4.69, 9.17) is 18.1 Å². The quantitative estimate of drug-likeness (QED) is 0.292. The van der Waals surface area contributed by atoms with Gasteiger partial charge in [-0.25, -0.2) is 0 Å². The molecule has 1 aliphatic rings. The molecule has 0 unspecified atom stereocenters. The molecule has 1 fully saturated rings. The first-order chi connectivity index (χ1) is 6.20. The van der Waals surface area contributed by atoms with Crippen molar-refractivity contribution in [2.75, 3.05) is 13.2 Å². The van der Waals surface area contributed by atoms with Gasteiger partial charge in [0.2, 0.25) is 5.79 Å². The first kappa shape index (κ1) is 7.19. The molecule has 1 saturated heterocycles. The summed E-state index contributed by atoms with van der Waals surface area (Å²) in [6, 6.07) is 0. The van der Waals surface area contributed by atoms with E-state index in [9.17, 15) is 10.2 Å². The van der Waals surface area contributed by atoms with Gasteiger partial charge in [0.05, 0.1) is 15.9 Å². The van der Waals surface area contributed by atoms with Gasteiger partial charge in [-0.2, -0.15) is 0 Å². The monoisotopic (exact) mass is 182 g/mol. The molecule has 0 amide bonds. The largest absolute Gasteiger partial charge is 0.391 e. The van der Waals surface area contributed by atoms with Crippen LogP contribution in [0.5, 0.6) is 0 Å². The highest BCUT2D eigenvalue weighted by Crippen LogP contribution is 2.22. The van der Waals surface area contributed by atoms with Gasteiger partial charge in [-0.15, -0.1) is 0 Å². The molecule has 1 rings (SSSR count). The molecule has 0 aromatic rings. The van der Waals surface area contributed by atoms with Crippen LogP contribution in [-0.2, 0) is 4.74 Å². The molecule has 1 heterocycles. The highest BCUT2D eigenvalue weighted by atomic mass is 16.7. The maximum absolute atomic E-state index is 9.40. The maximum Gasteiger partial charge on any atom is 0.218 e. The molecule has 0 aliphatic carbocycles. The van der Waals surface area contributed by atoms with Crippen molar-refractivity contribution in [3.63, 3.8) is 0 Å². The molecular formula is C6H12O6. The van der Waals surface area contributed by atoms with Crippen molar-refractivity contribution in [1.82, 2.24) is 0 Å². The molecule has 0 bridgehead atoms. The Morgan fingerprint density at radius 1 is 1.50 bits per heavy atom. The summed E-state index contributed by atoms with van der Waals surface area (Å²) in [4.78, 5) is 0. The number of aliphatic hydroxyl groups excluding tert-OH is 3. The molecule has 0 spiro atoms. The normalized spacial score (nSPS) is 52.9. The van der Waals surface area contributed by atoms with Gasteiger partial charge < -0.3 is 30.3 Å². The van der Waals surface area contributed by atoms with Gasteiger partial charge in [0.15, 0.2) is 0 Å². The Morgan fingerprint density at radius 2 is 2.08 bits per heavy atom. The fourth-order valence-electron chi connectivity index (χ4n) is 0.937. The first-order valence-corrected chi connectivity index (χ1v) is 3.33. The molecule has 6 heteroatoms. The summed E-state index contributed by atoms with van der Waals surface area (Å²) in [5, 5.41) is 45.6. The van der Waals surface area contributed by atoms with Crippen molar-refractivity contribution in [3.05, 3.63) is 0 Å². The van der Waals surface area contributed by atoms with E-state index in [-0.39, 0.29) is 0 Å². The Balaban J connectivity index is 2.91. The van der Waals surface area contributed by atoms with Gasteiger partial charge in [0.25, 0.3) is 0 Å². The predicted octanol–water partition coefficient (Wildman–Crippen LogP) is -3.22. The second kappa shape index (κ2) is 3.25. The van der Waals surface area contributed by atoms with Crippen LogP contribution in [0, 0.1) is 0 Å². The van der Waals surface area contributed by atoms with Crippen molar-refractivity contribution in [2.24, 2.45) is 0 Å². The number of rotatable bonds is 1. The van der Waals surface area contributed by atoms with Crippen molar-refractivity contribution in [3.8, 4) is 0 Å². The Morgan fingerprint density at radius 3 is 2.58 bits per heavy atom. The number of ether oxygens (including phenoxy) is 1. The summed E-state index contributed by atoms with van der Waals surface area (Å²) in [5.41, 5.74) is 0. The number of hydrogen-bond acceptors (Lipinski definition) is 6. The summed E-state index contributed by atoms with van der Waals surface area (Å²) < 4.78 is 18.0. The van der Waals surface area contributed by atoms with Crippen LogP contribution in [0.2, 0.25) is 0 Å². The third-order valence-electron chi connectivity index (χ3n) is 1.75. The van der Waals surface area contributed by atoms with Gasteiger partial charge in [-0.05, 0) is 0 Å². The molecule has 72 valence electrons. The van der Waals surface area contributed by atoms with Gasteiger partial charge in [0, 0.05) is 0 Å². The highest BCUT2D eigenvalue weighted by molar-refractivity contribution is 4.90. The maximum atomic E-state index is 9.40. The summed E-state index contributed by atoms with van der Waals surface area (Å²) in [5.74, 6) is -2.94. The minimum absolute atomic E-state index is 0.588. The molecule has 0 aromatic carbocycles. The average Bonchev–Trinajstić information content (AvgIpc) is 2.06. The van der Waals surface area contributed by atoms with Crippen molar-refractivity contribution < 1.29 is 33.0 Å². The second-order valence-electron chi connectivity index (χ2n) is 2.62. The highest BCUT2D eigenvalue weighted by Gasteiger charge is 2.47. The second-order valence-corrected chi connectivity index (χ2v) is 2.62. The van der Waals surface area contributed by atoms with Gasteiger partial charge in [-0.3, -0.25) is 0 Å². The molecule has 1 aliphatic heterocycles. The molecule has 4 atom stereocenters. The summed E-state index contributed by atoms with van der Waals surface area (Å²) in [6.45, 7) is -3.83. The summed E-state index contributed by atoms with van der Waals surface area (Å²) in [6.07, 6.45) is -5.35. The third kappa shape index (κ3) is 1.45. The van der Waals surface area contributed by atoms with Crippen LogP contribution in [0.4, 0.5) is 0 Å². The Hall–Kier alpha value is -0.240. The van der Waals surface area contributed by atoms with E-state index in [0.29, 0.717) is 0 Å². The zero-order valence-electron chi connectivity index (χ0n) is 8.08. The van der Waals surface area contributed by atoms with E-state index < -0.39 is 37.3 Å². The Bertz CT molecular complexity index is 219. The lowest BCUT2D eigenvalue weighted by molar-refractivity contribution is -0.331. The van der Waals surface area contributed by atoms with Crippen LogP contribution in [0.1, 0.15) is 2.74 Å². The minimum atomic E-state index is -3.24. The van der Waals surface area contributed by atoms with Crippen molar-refractivity contribution in [2.45, 2.75) is 24.1 Å². The average molecular weight is 182 g/mol. The van der Waals surface area contributed by atoms with Crippen LogP contribution in [0.3, 0.4) is 0 Å². The lowest BCUT2D eigenvalue weighted by atomic mass is 9.98. The topological polar surface area (TPSA) is 110 Å². The van der Waals surface area contributed by atoms with E-state index in [1.807, 2.05) is 0 Å². The predicted molar refractivity (Wildman–Crippen MR) is 36.0 cm³/mol. The van der Waals surface area contributed by atoms with Gasteiger partial charge >= 0.3 is 0 Å². The van der Waals surface area contributed by atoms with Crippen LogP contribution in [0.15, 0.2) is 0 Å². The van der Waals surface area contributed by atoms with Crippen molar-refractivity contribution >= 4 is 0 Å². The molecule has 12 heavy (non-hydrogen) atoms. The fourth-order valence-corrected chi connectivity index (χ4v) is 0.937. The Kier molecular flexibility index (Phi) is 1.95. The van der Waals surface area contributed by atoms with Gasteiger partial charge in [-0.1, -0.05) is 0 Å². The lowest BCUT2D eigenvalue weighted by Crippen LogP contribution is -2.62. The minimum Gasteiger partial charge on any atom is -0.391 e. The lowest BCUT2D eigenvalue weighted by Gasteiger charge is -2.40. The van der Waals surface area contributed by atoms with Crippen molar-refractivity contribution in [1.29, 1.82) is 0 Å². The smallest absolute Gasteiger partial charge is 0.218 e. The zero-order chi connectivity index (χ0) is 11.1. The Labute approximate surface area is 71.5 Å². The summed E-state index contributed by atoms with van der Waals surface area (Å²) in [7, 11) is 0. The van der Waals surface area contributed by atoms with E-state index >= 15 is 0 Å². The summed E-state index contributed by atoms with van der Waals surface area (Å²) >= 11 is 0. The van der Waals surface area contributed by atoms with E-state index in [1.165, 1.54) is 0 Å². The standard InChI is InChI=1S/C6H12O6/c7-2-6(11)5(10)4(9)3(8)1-12-6/h3-5,7-11H,1-2H2/t3-,4-,5+,6-/m1/s1/i2D2. The molecule has 0 aromatic heterocycles. The van der Waals surface area contributed by atoms with E-state index in [2.05, 4.69) is 4.74 Å². The zero-order valence-corrected chi connectivity index (χ0v) is 6.08. The molecule has 6 nitrogen and oxygen atoms in total. The molecule has 5 N–H and O–H groups in total. The third-order valence-corrected chi connectivity index (χ3v) is 1.75. The number of hydrogen-bond donors (Lipinski definition) is 5. The fraction of sp³-hybridized carbons (Fsp3) is 1.00. The molecule has 0 saturated carbocycles. The molecule has 0 radical (unpaired) electrons. The van der Waals surface area contributed by atoms with Crippen LogP contribution >= 0.6 is 0 Å². The first-order valence-electron chi connectivity index (χ1n) is 4.33. The van der Waals surface area contributed by atoms with Crippen LogP contribution in [0.25, 0.3) is 0 Å². The van der Waals surface area contributed by atoms with Crippen LogP contribution < -0.4 is 0 Å². The SMILES string of the molecule is [2H]C([2H])(O)[C@@]1(O)OC[C@@H](O)[C@@H](O)[C@@H]1O. The van der Waals surface area contributed by atoms with Crippen LogP contribution in [-0.4, -0.2) is 62.8 Å². The van der Waals surface area contributed by atoms with E-state index in [1.54, 1.807) is 0 Å².